The summed E-state index contributed by atoms with van der Waals surface area (Å²) in [5.41, 5.74) is 1.27. The summed E-state index contributed by atoms with van der Waals surface area (Å²) in [7, 11) is 0. The van der Waals surface area contributed by atoms with Gasteiger partial charge in [-0.2, -0.15) is 0 Å². The molecule has 0 bridgehead atoms. The maximum atomic E-state index is 11.7. The molecule has 0 radical (unpaired) electrons. The summed E-state index contributed by atoms with van der Waals surface area (Å²) < 4.78 is 0. The van der Waals surface area contributed by atoms with E-state index in [-0.39, 0.29) is 5.91 Å². The van der Waals surface area contributed by atoms with Crippen LogP contribution in [-0.2, 0) is 0 Å². The smallest absolute Gasteiger partial charge is 0.275 e. The zero-order valence-electron chi connectivity index (χ0n) is 8.36. The predicted octanol–water partition coefficient (Wildman–Crippen LogP) is 1.22. The molecule has 0 fully saturated rings. The number of aromatic nitrogens is 1. The summed E-state index contributed by atoms with van der Waals surface area (Å²) in [5.74, 6) is 0.753. The number of rotatable bonds is 1. The van der Waals surface area contributed by atoms with Crippen molar-refractivity contribution in [3.8, 4) is 0 Å². The van der Waals surface area contributed by atoms with Gasteiger partial charge in [-0.15, -0.1) is 0 Å². The van der Waals surface area contributed by atoms with Crippen LogP contribution < -0.4 is 5.32 Å². The number of carbonyl (C=O) groups is 1. The van der Waals surface area contributed by atoms with Gasteiger partial charge in [0.15, 0.2) is 5.17 Å². The summed E-state index contributed by atoms with van der Waals surface area (Å²) >= 11 is 1.56. The van der Waals surface area contributed by atoms with E-state index < -0.39 is 0 Å². The Balaban J connectivity index is 2.07. The van der Waals surface area contributed by atoms with Crippen molar-refractivity contribution in [1.29, 1.82) is 0 Å². The van der Waals surface area contributed by atoms with Crippen molar-refractivity contribution in [2.45, 2.75) is 6.92 Å². The predicted molar refractivity (Wildman–Crippen MR) is 61.2 cm³/mol. The summed E-state index contributed by atoms with van der Waals surface area (Å²) in [6.45, 7) is 2.64. The van der Waals surface area contributed by atoms with Gasteiger partial charge in [-0.05, 0) is 19.1 Å². The first-order valence-corrected chi connectivity index (χ1v) is 5.66. The number of nitrogens with zero attached hydrogens (tertiary/aromatic N) is 2. The Labute approximate surface area is 92.2 Å². The number of amidine groups is 1. The van der Waals surface area contributed by atoms with E-state index in [4.69, 9.17) is 0 Å². The van der Waals surface area contributed by atoms with Crippen LogP contribution in [0.4, 0.5) is 0 Å². The van der Waals surface area contributed by atoms with E-state index in [2.05, 4.69) is 15.3 Å². The molecule has 0 unspecified atom stereocenters. The van der Waals surface area contributed by atoms with Gasteiger partial charge in [0.25, 0.3) is 5.91 Å². The van der Waals surface area contributed by atoms with Crippen molar-refractivity contribution in [2.75, 3.05) is 12.3 Å². The van der Waals surface area contributed by atoms with Crippen LogP contribution in [0.25, 0.3) is 0 Å². The van der Waals surface area contributed by atoms with E-state index in [0.29, 0.717) is 10.9 Å². The van der Waals surface area contributed by atoms with Gasteiger partial charge in [0.2, 0.25) is 0 Å². The number of hydrogen-bond acceptors (Lipinski definition) is 4. The number of pyridine rings is 1. The lowest BCUT2D eigenvalue weighted by molar-refractivity contribution is 0.0973. The van der Waals surface area contributed by atoms with Crippen molar-refractivity contribution < 1.29 is 4.79 Å². The third-order valence-electron chi connectivity index (χ3n) is 1.93. The Morgan fingerprint density at radius 1 is 1.53 bits per heavy atom. The van der Waals surface area contributed by atoms with E-state index in [9.17, 15) is 4.79 Å². The molecule has 1 aliphatic heterocycles. The Kier molecular flexibility index (Phi) is 3.01. The molecule has 0 saturated carbocycles. The van der Waals surface area contributed by atoms with Crippen molar-refractivity contribution in [3.63, 3.8) is 0 Å². The summed E-state index contributed by atoms with van der Waals surface area (Å²) in [6, 6.07) is 5.38. The second kappa shape index (κ2) is 4.44. The van der Waals surface area contributed by atoms with Gasteiger partial charge in [0.05, 0.1) is 6.54 Å². The topological polar surface area (TPSA) is 54.4 Å². The first-order valence-electron chi connectivity index (χ1n) is 4.68. The van der Waals surface area contributed by atoms with Crippen LogP contribution >= 0.6 is 11.8 Å². The van der Waals surface area contributed by atoms with Gasteiger partial charge in [-0.1, -0.05) is 17.8 Å². The standard InChI is InChI=1S/C10H11N3OS/c1-7-3-2-4-8(12-7)9(14)13-10-11-5-6-15-10/h2-4H,5-6H2,1H3,(H,11,13,14). The molecule has 4 nitrogen and oxygen atoms in total. The van der Waals surface area contributed by atoms with Gasteiger partial charge in [0, 0.05) is 11.4 Å². The summed E-state index contributed by atoms with van der Waals surface area (Å²) in [6.07, 6.45) is 0. The second-order valence-electron chi connectivity index (χ2n) is 3.15. The number of nitrogens with one attached hydrogen (secondary N) is 1. The van der Waals surface area contributed by atoms with Crippen LogP contribution in [0.2, 0.25) is 0 Å². The average molecular weight is 221 g/mol. The lowest BCUT2D eigenvalue weighted by Gasteiger charge is -2.03. The maximum absolute atomic E-state index is 11.7. The summed E-state index contributed by atoms with van der Waals surface area (Å²) in [4.78, 5) is 20.0. The largest absolute Gasteiger partial charge is 0.300 e. The van der Waals surface area contributed by atoms with Crippen LogP contribution in [0.15, 0.2) is 23.2 Å². The highest BCUT2D eigenvalue weighted by Crippen LogP contribution is 2.09. The zero-order valence-corrected chi connectivity index (χ0v) is 9.17. The minimum Gasteiger partial charge on any atom is -0.300 e. The first kappa shape index (κ1) is 10.2. The molecular formula is C10H11N3OS. The van der Waals surface area contributed by atoms with Gasteiger partial charge >= 0.3 is 0 Å². The molecule has 1 aromatic rings. The number of carbonyl (C=O) groups excluding carboxylic acids is 1. The Hall–Kier alpha value is -1.36. The molecule has 5 heteroatoms. The maximum Gasteiger partial charge on any atom is 0.275 e. The molecule has 1 aromatic heterocycles. The third-order valence-corrected chi connectivity index (χ3v) is 2.82. The molecule has 0 aliphatic carbocycles. The normalized spacial score (nSPS) is 14.9. The van der Waals surface area contributed by atoms with E-state index in [1.165, 1.54) is 0 Å². The minimum absolute atomic E-state index is 0.188. The van der Waals surface area contributed by atoms with Crippen LogP contribution in [0.5, 0.6) is 0 Å². The molecular weight excluding hydrogens is 210 g/mol. The fraction of sp³-hybridized carbons (Fsp3) is 0.300. The molecule has 0 atom stereocenters. The Bertz CT molecular complexity index is 417. The van der Waals surface area contributed by atoms with Crippen molar-refractivity contribution in [1.82, 2.24) is 10.3 Å². The molecule has 2 heterocycles. The van der Waals surface area contributed by atoms with Crippen LogP contribution in [0, 0.1) is 6.92 Å². The van der Waals surface area contributed by atoms with E-state index in [0.717, 1.165) is 18.0 Å². The molecule has 1 aliphatic rings. The van der Waals surface area contributed by atoms with E-state index in [1.807, 2.05) is 19.1 Å². The van der Waals surface area contributed by atoms with Crippen LogP contribution in [-0.4, -0.2) is 28.4 Å². The van der Waals surface area contributed by atoms with Gasteiger partial charge in [-0.25, -0.2) is 4.98 Å². The van der Waals surface area contributed by atoms with Crippen LogP contribution in [0.3, 0.4) is 0 Å². The zero-order chi connectivity index (χ0) is 10.7. The minimum atomic E-state index is -0.188. The van der Waals surface area contributed by atoms with Crippen LogP contribution in [0.1, 0.15) is 16.2 Å². The first-order chi connectivity index (χ1) is 7.25. The van der Waals surface area contributed by atoms with Crippen molar-refractivity contribution >= 4 is 22.8 Å². The van der Waals surface area contributed by atoms with E-state index in [1.54, 1.807) is 17.8 Å². The monoisotopic (exact) mass is 221 g/mol. The van der Waals surface area contributed by atoms with E-state index >= 15 is 0 Å². The Morgan fingerprint density at radius 2 is 2.40 bits per heavy atom. The fourth-order valence-corrected chi connectivity index (χ4v) is 1.96. The lowest BCUT2D eigenvalue weighted by atomic mass is 10.3. The number of amides is 1. The quantitative estimate of drug-likeness (QED) is 0.775. The number of hydrogen-bond donors (Lipinski definition) is 1. The molecule has 2 rings (SSSR count). The van der Waals surface area contributed by atoms with Crippen molar-refractivity contribution in [3.05, 3.63) is 29.6 Å². The molecule has 0 aromatic carbocycles. The highest BCUT2D eigenvalue weighted by atomic mass is 32.2. The highest BCUT2D eigenvalue weighted by molar-refractivity contribution is 8.14. The fourth-order valence-electron chi connectivity index (χ4n) is 1.24. The number of aryl methyl sites for hydroxylation is 1. The van der Waals surface area contributed by atoms with Crippen molar-refractivity contribution in [2.24, 2.45) is 4.99 Å². The third kappa shape index (κ3) is 2.56. The molecule has 0 spiro atoms. The highest BCUT2D eigenvalue weighted by Gasteiger charge is 2.13. The van der Waals surface area contributed by atoms with Gasteiger partial charge < -0.3 is 0 Å². The number of thioether (sulfide) groups is 1. The Morgan fingerprint density at radius 3 is 3.07 bits per heavy atom. The van der Waals surface area contributed by atoms with Gasteiger partial charge in [-0.3, -0.25) is 15.1 Å². The molecule has 0 saturated heterocycles. The molecule has 1 amide bonds. The SMILES string of the molecule is Cc1cccc(C(=O)NC2=NCCS2)n1. The summed E-state index contributed by atoms with van der Waals surface area (Å²) in [5, 5.41) is 3.43. The second-order valence-corrected chi connectivity index (χ2v) is 4.24. The van der Waals surface area contributed by atoms with Gasteiger partial charge in [0.1, 0.15) is 5.69 Å². The molecule has 15 heavy (non-hydrogen) atoms. The number of aliphatic imine (C=N–C) groups is 1. The lowest BCUT2D eigenvalue weighted by Crippen LogP contribution is -2.28. The average Bonchev–Trinajstić information content (AvgIpc) is 2.70. The molecule has 78 valence electrons. The molecule has 1 N–H and O–H groups in total.